The molecule has 2 N–H and O–H groups in total. The Balaban J connectivity index is 1.48. The third-order valence-corrected chi connectivity index (χ3v) is 5.07. The smallest absolute Gasteiger partial charge is 0.239 e. The summed E-state index contributed by atoms with van der Waals surface area (Å²) >= 11 is 0. The highest BCUT2D eigenvalue weighted by Gasteiger charge is 2.28. The lowest BCUT2D eigenvalue weighted by molar-refractivity contribution is -0.117. The average Bonchev–Trinajstić information content (AvgIpc) is 3.37. The number of carbonyl (C=O) groups is 1. The van der Waals surface area contributed by atoms with Crippen LogP contribution in [-0.4, -0.2) is 38.7 Å². The van der Waals surface area contributed by atoms with Crippen molar-refractivity contribution in [1.29, 1.82) is 0 Å². The second-order valence-corrected chi connectivity index (χ2v) is 7.22. The molecule has 1 aliphatic rings. The van der Waals surface area contributed by atoms with Crippen molar-refractivity contribution in [2.75, 3.05) is 18.4 Å². The highest BCUT2D eigenvalue weighted by molar-refractivity contribution is 5.91. The summed E-state index contributed by atoms with van der Waals surface area (Å²) in [5, 5.41) is 7.58. The van der Waals surface area contributed by atoms with Crippen LogP contribution in [0.2, 0.25) is 0 Å². The van der Waals surface area contributed by atoms with E-state index in [1.807, 2.05) is 49.5 Å². The number of aryl methyl sites for hydroxylation is 2. The fraction of sp³-hybridized carbons (Fsp3) is 0.333. The van der Waals surface area contributed by atoms with E-state index in [1.165, 1.54) is 11.3 Å². The van der Waals surface area contributed by atoms with Crippen LogP contribution in [0.25, 0.3) is 5.69 Å². The quantitative estimate of drug-likeness (QED) is 0.728. The van der Waals surface area contributed by atoms with Crippen LogP contribution < -0.4 is 5.32 Å². The molecule has 0 bridgehead atoms. The standard InChI is InChI=1S/C21H25N5O/c1-15-7-9-17(10-8-15)26-20(13-16(2)24-26)23-21(27)14-25-12-4-6-19(25)18-5-3-11-22-18/h3,5,7-11,13,19,22H,4,6,12,14H2,1-2H3,(H,23,27). The SMILES string of the molecule is Cc1ccc(-n2nc(C)cc2NC(=O)CN2CCCC2c2ccc[nH]2)cc1. The lowest BCUT2D eigenvalue weighted by atomic mass is 10.1. The number of nitrogens with zero attached hydrogens (tertiary/aromatic N) is 3. The van der Waals surface area contributed by atoms with Gasteiger partial charge < -0.3 is 10.3 Å². The minimum atomic E-state index is -0.0123. The maximum atomic E-state index is 12.7. The highest BCUT2D eigenvalue weighted by atomic mass is 16.2. The Morgan fingerprint density at radius 3 is 2.81 bits per heavy atom. The molecule has 3 heterocycles. The Bertz CT molecular complexity index is 911. The van der Waals surface area contributed by atoms with E-state index in [1.54, 1.807) is 4.68 Å². The lowest BCUT2D eigenvalue weighted by Crippen LogP contribution is -2.33. The maximum Gasteiger partial charge on any atom is 0.239 e. The molecule has 27 heavy (non-hydrogen) atoms. The number of aromatic nitrogens is 3. The summed E-state index contributed by atoms with van der Waals surface area (Å²) in [6, 6.07) is 14.4. The predicted octanol–water partition coefficient (Wildman–Crippen LogP) is 3.59. The number of amides is 1. The first-order valence-electron chi connectivity index (χ1n) is 9.41. The molecule has 1 aliphatic heterocycles. The Kier molecular flexibility index (Phi) is 4.81. The number of H-pyrrole nitrogens is 1. The van der Waals surface area contributed by atoms with Crippen LogP contribution in [0.3, 0.4) is 0 Å². The zero-order valence-electron chi connectivity index (χ0n) is 15.8. The first-order chi connectivity index (χ1) is 13.1. The molecule has 0 aliphatic carbocycles. The number of nitrogens with one attached hydrogen (secondary N) is 2. The van der Waals surface area contributed by atoms with Crippen LogP contribution >= 0.6 is 0 Å². The molecule has 2 aromatic heterocycles. The number of hydrogen-bond acceptors (Lipinski definition) is 3. The fourth-order valence-electron chi connectivity index (χ4n) is 3.76. The van der Waals surface area contributed by atoms with Crippen LogP contribution in [0.5, 0.6) is 0 Å². The first kappa shape index (κ1) is 17.5. The van der Waals surface area contributed by atoms with E-state index in [-0.39, 0.29) is 11.9 Å². The van der Waals surface area contributed by atoms with Crippen molar-refractivity contribution in [2.45, 2.75) is 32.7 Å². The number of aromatic amines is 1. The van der Waals surface area contributed by atoms with Gasteiger partial charge in [0.1, 0.15) is 5.82 Å². The molecule has 0 saturated carbocycles. The van der Waals surface area contributed by atoms with Gasteiger partial charge >= 0.3 is 0 Å². The van der Waals surface area contributed by atoms with Crippen molar-refractivity contribution in [1.82, 2.24) is 19.7 Å². The van der Waals surface area contributed by atoms with Gasteiger partial charge in [-0.3, -0.25) is 9.69 Å². The van der Waals surface area contributed by atoms with Crippen molar-refractivity contribution < 1.29 is 4.79 Å². The fourth-order valence-corrected chi connectivity index (χ4v) is 3.76. The Morgan fingerprint density at radius 1 is 1.26 bits per heavy atom. The van der Waals surface area contributed by atoms with Gasteiger partial charge in [0.2, 0.25) is 5.91 Å². The number of rotatable bonds is 5. The van der Waals surface area contributed by atoms with Gasteiger partial charge in [-0.2, -0.15) is 5.10 Å². The molecular weight excluding hydrogens is 338 g/mol. The molecule has 3 aromatic rings. The van der Waals surface area contributed by atoms with Gasteiger partial charge in [0.05, 0.1) is 24.0 Å². The largest absolute Gasteiger partial charge is 0.364 e. The monoisotopic (exact) mass is 363 g/mol. The average molecular weight is 363 g/mol. The number of hydrogen-bond donors (Lipinski definition) is 2. The van der Waals surface area contributed by atoms with E-state index in [2.05, 4.69) is 33.3 Å². The molecule has 0 radical (unpaired) electrons. The van der Waals surface area contributed by atoms with E-state index < -0.39 is 0 Å². The Morgan fingerprint density at radius 2 is 2.07 bits per heavy atom. The molecule has 6 heteroatoms. The van der Waals surface area contributed by atoms with E-state index in [0.29, 0.717) is 12.4 Å². The van der Waals surface area contributed by atoms with Crippen LogP contribution in [0.15, 0.2) is 48.7 Å². The predicted molar refractivity (Wildman–Crippen MR) is 106 cm³/mol. The summed E-state index contributed by atoms with van der Waals surface area (Å²) in [5.41, 5.74) is 4.18. The number of likely N-dealkylation sites (tertiary alicyclic amines) is 1. The van der Waals surface area contributed by atoms with E-state index in [9.17, 15) is 4.79 Å². The molecule has 1 aromatic carbocycles. The minimum Gasteiger partial charge on any atom is -0.364 e. The van der Waals surface area contributed by atoms with Crippen molar-refractivity contribution >= 4 is 11.7 Å². The molecule has 1 unspecified atom stereocenters. The molecular formula is C21H25N5O. The summed E-state index contributed by atoms with van der Waals surface area (Å²) in [4.78, 5) is 18.2. The van der Waals surface area contributed by atoms with Crippen molar-refractivity contribution in [3.8, 4) is 5.69 Å². The third-order valence-electron chi connectivity index (χ3n) is 5.07. The van der Waals surface area contributed by atoms with Gasteiger partial charge in [-0.15, -0.1) is 0 Å². The summed E-state index contributed by atoms with van der Waals surface area (Å²) in [5.74, 6) is 0.693. The van der Waals surface area contributed by atoms with Gasteiger partial charge in [-0.05, 0) is 57.5 Å². The number of carbonyl (C=O) groups excluding carboxylic acids is 1. The van der Waals surface area contributed by atoms with Crippen molar-refractivity contribution in [2.24, 2.45) is 0 Å². The van der Waals surface area contributed by atoms with Gasteiger partial charge in [0, 0.05) is 18.0 Å². The van der Waals surface area contributed by atoms with Crippen LogP contribution in [0.4, 0.5) is 5.82 Å². The van der Waals surface area contributed by atoms with Crippen LogP contribution in [0.1, 0.15) is 35.8 Å². The van der Waals surface area contributed by atoms with E-state index >= 15 is 0 Å². The zero-order valence-corrected chi connectivity index (χ0v) is 15.8. The number of anilines is 1. The molecule has 6 nitrogen and oxygen atoms in total. The lowest BCUT2D eigenvalue weighted by Gasteiger charge is -2.23. The van der Waals surface area contributed by atoms with Gasteiger partial charge in [0.15, 0.2) is 0 Å². The zero-order chi connectivity index (χ0) is 18.8. The van der Waals surface area contributed by atoms with Gasteiger partial charge in [-0.25, -0.2) is 4.68 Å². The molecule has 0 spiro atoms. The van der Waals surface area contributed by atoms with Crippen molar-refractivity contribution in [3.05, 3.63) is 65.6 Å². The second-order valence-electron chi connectivity index (χ2n) is 7.22. The Hall–Kier alpha value is -2.86. The van der Waals surface area contributed by atoms with Crippen LogP contribution in [0, 0.1) is 13.8 Å². The summed E-state index contributed by atoms with van der Waals surface area (Å²) in [7, 11) is 0. The first-order valence-corrected chi connectivity index (χ1v) is 9.41. The highest BCUT2D eigenvalue weighted by Crippen LogP contribution is 2.30. The molecule has 140 valence electrons. The molecule has 1 amide bonds. The molecule has 1 saturated heterocycles. The number of benzene rings is 1. The second kappa shape index (κ2) is 7.40. The minimum absolute atomic E-state index is 0.0123. The van der Waals surface area contributed by atoms with E-state index in [0.717, 1.165) is 30.8 Å². The van der Waals surface area contributed by atoms with Gasteiger partial charge in [-0.1, -0.05) is 17.7 Å². The summed E-state index contributed by atoms with van der Waals surface area (Å²) in [6.45, 7) is 5.30. The summed E-state index contributed by atoms with van der Waals surface area (Å²) < 4.78 is 1.79. The molecule has 1 fully saturated rings. The maximum absolute atomic E-state index is 12.7. The van der Waals surface area contributed by atoms with Crippen LogP contribution in [-0.2, 0) is 4.79 Å². The topological polar surface area (TPSA) is 66.0 Å². The molecule has 4 rings (SSSR count). The summed E-state index contributed by atoms with van der Waals surface area (Å²) in [6.07, 6.45) is 4.13. The third kappa shape index (κ3) is 3.80. The van der Waals surface area contributed by atoms with Crippen molar-refractivity contribution in [3.63, 3.8) is 0 Å². The Labute approximate surface area is 159 Å². The van der Waals surface area contributed by atoms with E-state index in [4.69, 9.17) is 0 Å². The van der Waals surface area contributed by atoms with Gasteiger partial charge in [0.25, 0.3) is 0 Å². The normalized spacial score (nSPS) is 17.3. The molecule has 1 atom stereocenters.